The zero-order chi connectivity index (χ0) is 19.0. The summed E-state index contributed by atoms with van der Waals surface area (Å²) in [5.41, 5.74) is 10.0. The highest BCUT2D eigenvalue weighted by molar-refractivity contribution is 9.11. The van der Waals surface area contributed by atoms with Crippen molar-refractivity contribution in [1.29, 1.82) is 0 Å². The highest BCUT2D eigenvalue weighted by atomic mass is 79.9. The van der Waals surface area contributed by atoms with Gasteiger partial charge in [-0.25, -0.2) is 4.98 Å². The number of benzene rings is 1. The van der Waals surface area contributed by atoms with Gasteiger partial charge in [0.25, 0.3) is 5.91 Å². The van der Waals surface area contributed by atoms with Crippen LogP contribution in [-0.4, -0.2) is 10.9 Å². The maximum absolute atomic E-state index is 12.8. The van der Waals surface area contributed by atoms with Crippen LogP contribution in [0.5, 0.6) is 0 Å². The number of aryl methyl sites for hydroxylation is 2. The lowest BCUT2D eigenvalue weighted by Gasteiger charge is -2.12. The fourth-order valence-electron chi connectivity index (χ4n) is 3.45. The first-order chi connectivity index (χ1) is 13.0. The largest absolute Gasteiger partial charge is 0.397 e. The first-order valence-corrected chi connectivity index (χ1v) is 11.4. The average Bonchev–Trinajstić information content (AvgIpc) is 2.93. The monoisotopic (exact) mass is 507 g/mol. The van der Waals surface area contributed by atoms with Crippen molar-refractivity contribution in [3.63, 3.8) is 0 Å². The van der Waals surface area contributed by atoms with Gasteiger partial charge < -0.3 is 11.1 Å². The number of hydrogen-bond acceptors (Lipinski definition) is 4. The van der Waals surface area contributed by atoms with Crippen LogP contribution in [0, 0.1) is 0 Å². The van der Waals surface area contributed by atoms with Crippen LogP contribution in [-0.2, 0) is 12.8 Å². The summed E-state index contributed by atoms with van der Waals surface area (Å²) >= 11 is 8.26. The topological polar surface area (TPSA) is 68.0 Å². The molecular formula is C20H19Br2N3OS. The van der Waals surface area contributed by atoms with E-state index >= 15 is 0 Å². The highest BCUT2D eigenvalue weighted by Crippen LogP contribution is 2.36. The summed E-state index contributed by atoms with van der Waals surface area (Å²) in [6, 6.07) is 7.78. The van der Waals surface area contributed by atoms with Crippen LogP contribution in [0.25, 0.3) is 10.2 Å². The van der Waals surface area contributed by atoms with E-state index in [1.807, 2.05) is 18.2 Å². The Morgan fingerprint density at radius 1 is 1.11 bits per heavy atom. The summed E-state index contributed by atoms with van der Waals surface area (Å²) < 4.78 is 1.75. The number of halogens is 2. The number of pyridine rings is 1. The molecule has 0 atom stereocenters. The predicted molar refractivity (Wildman–Crippen MR) is 120 cm³/mol. The predicted octanol–water partition coefficient (Wildman–Crippen LogP) is 6.31. The van der Waals surface area contributed by atoms with Gasteiger partial charge in [0, 0.05) is 20.0 Å². The SMILES string of the molecule is Nc1c(C(=O)Nc2ccc(Br)cc2Br)sc2nc3c(cc12)CCCCCC3. The quantitative estimate of drug-likeness (QED) is 0.425. The maximum Gasteiger partial charge on any atom is 0.267 e. The molecule has 1 aliphatic rings. The number of nitrogens with one attached hydrogen (secondary N) is 1. The van der Waals surface area contributed by atoms with Gasteiger partial charge >= 0.3 is 0 Å². The third-order valence-electron chi connectivity index (χ3n) is 4.88. The van der Waals surface area contributed by atoms with Crippen molar-refractivity contribution >= 4 is 70.7 Å². The second kappa shape index (κ2) is 7.89. The lowest BCUT2D eigenvalue weighted by atomic mass is 9.96. The van der Waals surface area contributed by atoms with Crippen LogP contribution in [0.2, 0.25) is 0 Å². The van der Waals surface area contributed by atoms with E-state index in [0.29, 0.717) is 16.3 Å². The lowest BCUT2D eigenvalue weighted by Crippen LogP contribution is -2.12. The molecule has 0 fully saturated rings. The van der Waals surface area contributed by atoms with E-state index in [4.69, 9.17) is 10.7 Å². The van der Waals surface area contributed by atoms with Crippen LogP contribution >= 0.6 is 43.2 Å². The summed E-state index contributed by atoms with van der Waals surface area (Å²) in [6.07, 6.45) is 6.96. The second-order valence-electron chi connectivity index (χ2n) is 6.78. The molecule has 1 aliphatic carbocycles. The van der Waals surface area contributed by atoms with Gasteiger partial charge in [-0.1, -0.05) is 28.8 Å². The fraction of sp³-hybridized carbons (Fsp3) is 0.300. The summed E-state index contributed by atoms with van der Waals surface area (Å²) in [7, 11) is 0. The van der Waals surface area contributed by atoms with E-state index in [-0.39, 0.29) is 5.91 Å². The Morgan fingerprint density at radius 2 is 1.89 bits per heavy atom. The van der Waals surface area contributed by atoms with Crippen LogP contribution in [0.15, 0.2) is 33.2 Å². The number of nitrogens with zero attached hydrogens (tertiary/aromatic N) is 1. The third kappa shape index (κ3) is 3.91. The second-order valence-corrected chi connectivity index (χ2v) is 9.55. The third-order valence-corrected chi connectivity index (χ3v) is 7.15. The molecule has 0 saturated carbocycles. The molecule has 1 aromatic carbocycles. The molecule has 0 aliphatic heterocycles. The van der Waals surface area contributed by atoms with Crippen molar-refractivity contribution in [3.8, 4) is 0 Å². The standard InChI is InChI=1S/C20H19Br2N3OS/c21-12-7-8-16(14(22)10-12)24-19(26)18-17(23)13-9-11-5-3-1-2-4-6-15(11)25-20(13)27-18/h7-10H,1-6,23H2,(H,24,26). The Hall–Kier alpha value is -1.44. The van der Waals surface area contributed by atoms with Crippen molar-refractivity contribution in [2.75, 3.05) is 11.1 Å². The molecule has 0 spiro atoms. The number of amides is 1. The molecule has 3 N–H and O–H groups in total. The van der Waals surface area contributed by atoms with Gasteiger partial charge in [-0.2, -0.15) is 0 Å². The molecule has 0 unspecified atom stereocenters. The number of aromatic nitrogens is 1. The number of hydrogen-bond donors (Lipinski definition) is 2. The van der Waals surface area contributed by atoms with Crippen LogP contribution in [0.4, 0.5) is 11.4 Å². The zero-order valence-corrected chi connectivity index (χ0v) is 18.6. The van der Waals surface area contributed by atoms with Gasteiger partial charge in [-0.15, -0.1) is 11.3 Å². The van der Waals surface area contributed by atoms with E-state index in [1.165, 1.54) is 48.3 Å². The van der Waals surface area contributed by atoms with Crippen molar-refractivity contribution in [3.05, 3.63) is 49.3 Å². The lowest BCUT2D eigenvalue weighted by molar-refractivity contribution is 0.103. The molecule has 4 nitrogen and oxygen atoms in total. The van der Waals surface area contributed by atoms with Gasteiger partial charge in [0.05, 0.1) is 11.4 Å². The van der Waals surface area contributed by atoms with Crippen LogP contribution < -0.4 is 11.1 Å². The van der Waals surface area contributed by atoms with Gasteiger partial charge in [-0.05, 0) is 71.4 Å². The Balaban J connectivity index is 1.69. The number of nitrogens with two attached hydrogens (primary N) is 1. The minimum atomic E-state index is -0.203. The summed E-state index contributed by atoms with van der Waals surface area (Å²) in [6.45, 7) is 0. The normalized spacial score (nSPS) is 14.4. The van der Waals surface area contributed by atoms with Crippen molar-refractivity contribution < 1.29 is 4.79 Å². The molecule has 0 saturated heterocycles. The van der Waals surface area contributed by atoms with Crippen molar-refractivity contribution in [1.82, 2.24) is 4.98 Å². The number of thiophene rings is 1. The maximum atomic E-state index is 12.8. The van der Waals surface area contributed by atoms with Gasteiger partial charge in [-0.3, -0.25) is 4.79 Å². The molecule has 1 amide bonds. The molecule has 4 rings (SSSR count). The van der Waals surface area contributed by atoms with Gasteiger partial charge in [0.1, 0.15) is 9.71 Å². The van der Waals surface area contributed by atoms with E-state index in [0.717, 1.165) is 32.0 Å². The fourth-order valence-corrected chi connectivity index (χ4v) is 5.59. The molecule has 7 heteroatoms. The molecule has 0 bridgehead atoms. The number of carbonyl (C=O) groups excluding carboxylic acids is 1. The van der Waals surface area contributed by atoms with E-state index in [1.54, 1.807) is 0 Å². The Kier molecular flexibility index (Phi) is 5.53. The number of nitrogen functional groups attached to an aromatic ring is 1. The van der Waals surface area contributed by atoms with E-state index in [9.17, 15) is 4.79 Å². The highest BCUT2D eigenvalue weighted by Gasteiger charge is 2.20. The number of carbonyl (C=O) groups is 1. The van der Waals surface area contributed by atoms with Crippen molar-refractivity contribution in [2.24, 2.45) is 0 Å². The summed E-state index contributed by atoms with van der Waals surface area (Å²) in [4.78, 5) is 19.1. The Morgan fingerprint density at radius 3 is 2.67 bits per heavy atom. The molecule has 2 aromatic heterocycles. The summed E-state index contributed by atoms with van der Waals surface area (Å²) in [5.74, 6) is -0.203. The van der Waals surface area contributed by atoms with E-state index in [2.05, 4.69) is 43.2 Å². The number of anilines is 2. The molecule has 27 heavy (non-hydrogen) atoms. The minimum Gasteiger partial charge on any atom is -0.397 e. The first kappa shape index (κ1) is 18.9. The van der Waals surface area contributed by atoms with Crippen LogP contribution in [0.3, 0.4) is 0 Å². The molecule has 140 valence electrons. The molecule has 0 radical (unpaired) electrons. The molecule has 3 aromatic rings. The Labute approximate surface area is 178 Å². The average molecular weight is 509 g/mol. The smallest absolute Gasteiger partial charge is 0.267 e. The van der Waals surface area contributed by atoms with E-state index < -0.39 is 0 Å². The summed E-state index contributed by atoms with van der Waals surface area (Å²) in [5, 5.41) is 3.84. The molecule has 2 heterocycles. The molecular weight excluding hydrogens is 490 g/mol. The minimum absolute atomic E-state index is 0.203. The number of rotatable bonds is 2. The zero-order valence-electron chi connectivity index (χ0n) is 14.6. The first-order valence-electron chi connectivity index (χ1n) is 9.00. The van der Waals surface area contributed by atoms with Crippen LogP contribution in [0.1, 0.15) is 46.6 Å². The number of fused-ring (bicyclic) bond motifs is 2. The van der Waals surface area contributed by atoms with Crippen molar-refractivity contribution in [2.45, 2.75) is 38.5 Å². The van der Waals surface area contributed by atoms with Gasteiger partial charge in [0.2, 0.25) is 0 Å². The van der Waals surface area contributed by atoms with Gasteiger partial charge in [0.15, 0.2) is 0 Å². The Bertz CT molecular complexity index is 1030.